The van der Waals surface area contributed by atoms with Crippen LogP contribution < -0.4 is 9.47 Å². The van der Waals surface area contributed by atoms with E-state index in [2.05, 4.69) is 0 Å². The Morgan fingerprint density at radius 3 is 2.35 bits per heavy atom. The first-order valence-electron chi connectivity index (χ1n) is 8.23. The molecule has 1 heterocycles. The van der Waals surface area contributed by atoms with E-state index in [4.69, 9.17) is 9.47 Å². The van der Waals surface area contributed by atoms with Gasteiger partial charge in [-0.3, -0.25) is 9.59 Å². The highest BCUT2D eigenvalue weighted by Gasteiger charge is 2.36. The molecule has 0 aromatic heterocycles. The van der Waals surface area contributed by atoms with Crippen molar-refractivity contribution in [3.8, 4) is 11.5 Å². The Morgan fingerprint density at radius 2 is 1.74 bits per heavy atom. The van der Waals surface area contributed by atoms with Crippen LogP contribution in [0.15, 0.2) is 18.2 Å². The number of hydrogen-bond acceptors (Lipinski definition) is 4. The molecule has 1 saturated carbocycles. The summed E-state index contributed by atoms with van der Waals surface area (Å²) in [4.78, 5) is 26.3. The van der Waals surface area contributed by atoms with E-state index < -0.39 is 0 Å². The van der Waals surface area contributed by atoms with Crippen LogP contribution >= 0.6 is 0 Å². The lowest BCUT2D eigenvalue weighted by atomic mass is 9.96. The maximum atomic E-state index is 12.4. The number of aryl methyl sites for hydroxylation is 1. The van der Waals surface area contributed by atoms with Crippen LogP contribution in [0.5, 0.6) is 11.5 Å². The lowest BCUT2D eigenvalue weighted by Gasteiger charge is -2.31. The summed E-state index contributed by atoms with van der Waals surface area (Å²) in [6.45, 7) is 3.26. The van der Waals surface area contributed by atoms with E-state index in [0.717, 1.165) is 18.4 Å². The van der Waals surface area contributed by atoms with Crippen molar-refractivity contribution < 1.29 is 19.1 Å². The summed E-state index contributed by atoms with van der Waals surface area (Å²) in [5.41, 5.74) is 1.05. The molecule has 0 unspecified atom stereocenters. The molecule has 1 aromatic rings. The van der Waals surface area contributed by atoms with Gasteiger partial charge in [-0.1, -0.05) is 6.07 Å². The van der Waals surface area contributed by atoms with Gasteiger partial charge in [0, 0.05) is 19.0 Å². The Hall–Kier alpha value is -2.04. The smallest absolute Gasteiger partial charge is 0.314 e. The molecule has 5 nitrogen and oxygen atoms in total. The number of hydrogen-bond donors (Lipinski definition) is 0. The Morgan fingerprint density at radius 1 is 1.04 bits per heavy atom. The van der Waals surface area contributed by atoms with Gasteiger partial charge in [0.25, 0.3) is 0 Å². The fraction of sp³-hybridized carbons (Fsp3) is 0.556. The normalized spacial score (nSPS) is 18.6. The van der Waals surface area contributed by atoms with Crippen LogP contribution in [0.1, 0.15) is 31.2 Å². The molecule has 23 heavy (non-hydrogen) atoms. The van der Waals surface area contributed by atoms with Gasteiger partial charge in [0.05, 0.1) is 13.0 Å². The first kappa shape index (κ1) is 15.8. The van der Waals surface area contributed by atoms with Gasteiger partial charge in [-0.15, -0.1) is 0 Å². The number of ether oxygens (including phenoxy) is 2. The zero-order chi connectivity index (χ0) is 16.4. The Bertz CT molecular complexity index is 601. The molecule has 0 atom stereocenters. The molecule has 0 N–H and O–H groups in total. The highest BCUT2D eigenvalue weighted by Crippen LogP contribution is 2.33. The van der Waals surface area contributed by atoms with E-state index in [-0.39, 0.29) is 23.7 Å². The highest BCUT2D eigenvalue weighted by atomic mass is 16.6. The minimum atomic E-state index is -0.231. The van der Waals surface area contributed by atoms with E-state index in [1.54, 1.807) is 13.2 Å². The molecule has 2 fully saturated rings. The second-order valence-corrected chi connectivity index (χ2v) is 6.45. The third-order valence-electron chi connectivity index (χ3n) is 4.60. The number of carbonyl (C=O) groups excluding carboxylic acids is 2. The van der Waals surface area contributed by atoms with E-state index in [0.29, 0.717) is 37.4 Å². The minimum absolute atomic E-state index is 0.149. The average Bonchev–Trinajstić information content (AvgIpc) is 3.40. The van der Waals surface area contributed by atoms with Crippen molar-refractivity contribution in [1.29, 1.82) is 0 Å². The third-order valence-corrected chi connectivity index (χ3v) is 4.60. The van der Waals surface area contributed by atoms with Gasteiger partial charge >= 0.3 is 5.97 Å². The van der Waals surface area contributed by atoms with Crippen molar-refractivity contribution in [2.24, 2.45) is 11.8 Å². The maximum absolute atomic E-state index is 12.4. The van der Waals surface area contributed by atoms with Crippen molar-refractivity contribution in [3.63, 3.8) is 0 Å². The van der Waals surface area contributed by atoms with Gasteiger partial charge in [-0.25, -0.2) is 0 Å². The number of esters is 1. The Kier molecular flexibility index (Phi) is 4.55. The molecule has 3 rings (SSSR count). The van der Waals surface area contributed by atoms with Gasteiger partial charge < -0.3 is 14.4 Å². The number of carbonyl (C=O) groups is 2. The molecule has 0 bridgehead atoms. The predicted molar refractivity (Wildman–Crippen MR) is 85.4 cm³/mol. The molecule has 0 radical (unpaired) electrons. The molecule has 5 heteroatoms. The fourth-order valence-electron chi connectivity index (χ4n) is 2.97. The van der Waals surface area contributed by atoms with Gasteiger partial charge in [-0.05, 0) is 50.3 Å². The molecule has 1 saturated heterocycles. The molecule has 124 valence electrons. The van der Waals surface area contributed by atoms with Crippen molar-refractivity contribution in [2.75, 3.05) is 20.2 Å². The first-order valence-corrected chi connectivity index (χ1v) is 8.23. The van der Waals surface area contributed by atoms with Crippen LogP contribution in [0.2, 0.25) is 0 Å². The molecular weight excluding hydrogens is 294 g/mol. The van der Waals surface area contributed by atoms with Crippen LogP contribution in [0.4, 0.5) is 0 Å². The summed E-state index contributed by atoms with van der Waals surface area (Å²) in [6, 6.07) is 5.50. The van der Waals surface area contributed by atoms with Crippen LogP contribution in [-0.4, -0.2) is 37.0 Å². The standard InChI is InChI=1S/C18H23NO4/c1-12-3-6-15(16(11-12)22-2)23-18(21)14-7-9-19(10-8-14)17(20)13-4-5-13/h3,6,11,13-14H,4-5,7-10H2,1-2H3. The summed E-state index contributed by atoms with van der Waals surface area (Å²) in [7, 11) is 1.56. The number of rotatable bonds is 4. The van der Waals surface area contributed by atoms with Gasteiger partial charge in [0.15, 0.2) is 11.5 Å². The largest absolute Gasteiger partial charge is 0.493 e. The topological polar surface area (TPSA) is 55.8 Å². The maximum Gasteiger partial charge on any atom is 0.314 e. The zero-order valence-corrected chi connectivity index (χ0v) is 13.7. The van der Waals surface area contributed by atoms with E-state index in [1.807, 2.05) is 24.0 Å². The number of amides is 1. The third kappa shape index (κ3) is 3.66. The van der Waals surface area contributed by atoms with Gasteiger partial charge in [0.1, 0.15) is 0 Å². The van der Waals surface area contributed by atoms with Crippen molar-refractivity contribution in [3.05, 3.63) is 23.8 Å². The number of likely N-dealkylation sites (tertiary alicyclic amines) is 1. The molecule has 2 aliphatic rings. The molecule has 0 spiro atoms. The summed E-state index contributed by atoms with van der Waals surface area (Å²) in [5, 5.41) is 0. The highest BCUT2D eigenvalue weighted by molar-refractivity contribution is 5.81. The van der Waals surface area contributed by atoms with E-state index in [1.165, 1.54) is 0 Å². The van der Waals surface area contributed by atoms with Crippen molar-refractivity contribution in [1.82, 2.24) is 4.90 Å². The quantitative estimate of drug-likeness (QED) is 0.632. The van der Waals surface area contributed by atoms with Crippen molar-refractivity contribution in [2.45, 2.75) is 32.6 Å². The number of benzene rings is 1. The monoisotopic (exact) mass is 317 g/mol. The lowest BCUT2D eigenvalue weighted by molar-refractivity contribution is -0.143. The van der Waals surface area contributed by atoms with E-state index in [9.17, 15) is 9.59 Å². The second kappa shape index (κ2) is 6.60. The average molecular weight is 317 g/mol. The van der Waals surface area contributed by atoms with Gasteiger partial charge in [0.2, 0.25) is 5.91 Å². The molecular formula is C18H23NO4. The summed E-state index contributed by atoms with van der Waals surface area (Å²) >= 11 is 0. The van der Waals surface area contributed by atoms with Crippen LogP contribution in [0, 0.1) is 18.8 Å². The van der Waals surface area contributed by atoms with Gasteiger partial charge in [-0.2, -0.15) is 0 Å². The number of piperidine rings is 1. The minimum Gasteiger partial charge on any atom is -0.493 e. The number of nitrogens with zero attached hydrogens (tertiary/aromatic N) is 1. The van der Waals surface area contributed by atoms with Crippen LogP contribution in [-0.2, 0) is 9.59 Å². The zero-order valence-electron chi connectivity index (χ0n) is 13.7. The Labute approximate surface area is 136 Å². The molecule has 1 aliphatic heterocycles. The summed E-state index contributed by atoms with van der Waals surface area (Å²) in [6.07, 6.45) is 3.39. The predicted octanol–water partition coefficient (Wildman–Crippen LogP) is 2.56. The Balaban J connectivity index is 1.56. The summed E-state index contributed by atoms with van der Waals surface area (Å²) < 4.78 is 10.8. The lowest BCUT2D eigenvalue weighted by Crippen LogP contribution is -2.41. The molecule has 1 aromatic carbocycles. The fourth-order valence-corrected chi connectivity index (χ4v) is 2.97. The molecule has 1 amide bonds. The SMILES string of the molecule is COc1cc(C)ccc1OC(=O)C1CCN(C(=O)C2CC2)CC1. The summed E-state index contributed by atoms with van der Waals surface area (Å²) in [5.74, 6) is 1.15. The van der Waals surface area contributed by atoms with Crippen molar-refractivity contribution >= 4 is 11.9 Å². The van der Waals surface area contributed by atoms with E-state index >= 15 is 0 Å². The number of methoxy groups -OCH3 is 1. The second-order valence-electron chi connectivity index (χ2n) is 6.45. The first-order chi connectivity index (χ1) is 11.1. The van der Waals surface area contributed by atoms with Crippen LogP contribution in [0.3, 0.4) is 0 Å². The molecule has 1 aliphatic carbocycles. The van der Waals surface area contributed by atoms with Crippen LogP contribution in [0.25, 0.3) is 0 Å².